The van der Waals surface area contributed by atoms with Gasteiger partial charge in [0.1, 0.15) is 29.7 Å². The summed E-state index contributed by atoms with van der Waals surface area (Å²) in [5.41, 5.74) is 14.0. The van der Waals surface area contributed by atoms with Crippen LogP contribution < -0.4 is 26.0 Å². The van der Waals surface area contributed by atoms with Crippen LogP contribution in [0.3, 0.4) is 0 Å². The summed E-state index contributed by atoms with van der Waals surface area (Å²) in [6, 6.07) is 5.65. The van der Waals surface area contributed by atoms with E-state index >= 15 is 4.39 Å². The van der Waals surface area contributed by atoms with Crippen molar-refractivity contribution in [2.45, 2.75) is 62.2 Å². The maximum absolute atomic E-state index is 16.4. The molecule has 3 saturated heterocycles. The number of anilines is 4. The maximum atomic E-state index is 16.4. The molecule has 0 amide bonds. The second-order valence-electron chi connectivity index (χ2n) is 12.5. The lowest BCUT2D eigenvalue weighted by atomic mass is 9.74. The summed E-state index contributed by atoms with van der Waals surface area (Å²) in [5.74, 6) is 0.0276. The molecule has 1 spiro atoms. The van der Waals surface area contributed by atoms with Crippen LogP contribution in [0.4, 0.5) is 31.2 Å². The Morgan fingerprint density at radius 3 is 2.88 bits per heavy atom. The minimum atomic E-state index is -0.890. The first-order valence-corrected chi connectivity index (χ1v) is 15.6. The first-order chi connectivity index (χ1) is 20.6. The predicted octanol–water partition coefficient (Wildman–Crippen LogP) is 3.97. The van der Waals surface area contributed by atoms with Gasteiger partial charge in [0.15, 0.2) is 11.6 Å². The SMILES string of the molecule is CC(c1cccnc1N)N(C)c1nc(OC[C@@]23CCCN2C[C@H](F)C3)nc(N2CC3(CCc4sc(N)c(C#N)c43)C2)c1F. The van der Waals surface area contributed by atoms with Crippen LogP contribution in [0.5, 0.6) is 6.01 Å². The van der Waals surface area contributed by atoms with Gasteiger partial charge in [0.2, 0.25) is 5.82 Å². The van der Waals surface area contributed by atoms with Crippen molar-refractivity contribution in [3.63, 3.8) is 0 Å². The number of nitrogen functional groups attached to an aromatic ring is 2. The molecule has 43 heavy (non-hydrogen) atoms. The number of pyridine rings is 1. The van der Waals surface area contributed by atoms with Crippen molar-refractivity contribution in [3.05, 3.63) is 45.7 Å². The number of hydrogen-bond acceptors (Lipinski definition) is 11. The largest absolute Gasteiger partial charge is 0.461 e. The maximum Gasteiger partial charge on any atom is 0.320 e. The van der Waals surface area contributed by atoms with Gasteiger partial charge in [-0.15, -0.1) is 11.3 Å². The Balaban J connectivity index is 1.22. The van der Waals surface area contributed by atoms with Crippen molar-refractivity contribution in [3.8, 4) is 12.1 Å². The molecule has 13 heteroatoms. The topological polar surface area (TPSA) is 133 Å². The van der Waals surface area contributed by atoms with E-state index < -0.39 is 17.5 Å². The summed E-state index contributed by atoms with van der Waals surface area (Å²) >= 11 is 1.48. The van der Waals surface area contributed by atoms with Crippen LogP contribution in [0.2, 0.25) is 0 Å². The lowest BCUT2D eigenvalue weighted by Gasteiger charge is -2.49. The highest BCUT2D eigenvalue weighted by atomic mass is 32.1. The number of ether oxygens (including phenoxy) is 1. The number of aromatic nitrogens is 3. The lowest BCUT2D eigenvalue weighted by Crippen LogP contribution is -2.59. The number of rotatable bonds is 7. The van der Waals surface area contributed by atoms with Crippen molar-refractivity contribution >= 4 is 33.8 Å². The number of nitrogens with two attached hydrogens (primary N) is 2. The number of nitrogens with zero attached hydrogens (tertiary/aromatic N) is 7. The minimum Gasteiger partial charge on any atom is -0.461 e. The zero-order chi connectivity index (χ0) is 30.1. The molecule has 1 aliphatic carbocycles. The van der Waals surface area contributed by atoms with Crippen molar-refractivity contribution in [1.82, 2.24) is 19.9 Å². The van der Waals surface area contributed by atoms with E-state index in [0.29, 0.717) is 42.4 Å². The average molecular weight is 608 g/mol. The van der Waals surface area contributed by atoms with Crippen LogP contribution in [0.25, 0.3) is 0 Å². The van der Waals surface area contributed by atoms with E-state index in [1.165, 1.54) is 11.3 Å². The van der Waals surface area contributed by atoms with Crippen LogP contribution in [-0.2, 0) is 11.8 Å². The lowest BCUT2D eigenvalue weighted by molar-refractivity contribution is 0.107. The van der Waals surface area contributed by atoms with Gasteiger partial charge in [-0.2, -0.15) is 19.6 Å². The minimum absolute atomic E-state index is 0.0543. The van der Waals surface area contributed by atoms with Gasteiger partial charge < -0.3 is 26.0 Å². The van der Waals surface area contributed by atoms with Gasteiger partial charge in [-0.3, -0.25) is 4.90 Å². The standard InChI is InChI=1S/C30H35F2N9OS/c1-17(19-5-3-9-36-24(19)34)39(2)26-23(32)27(38-28(37-26)42-16-30-7-4-10-41(30)13-18(31)11-30)40-14-29(15-40)8-6-21-22(29)20(12-33)25(35)43-21/h3,5,9,17-18H,4,6-8,10-11,13-16,35H2,1-2H3,(H2,34,36)/t17?,18-,30+/m1/s1. The number of halogens is 2. The van der Waals surface area contributed by atoms with Gasteiger partial charge in [-0.05, 0) is 50.8 Å². The highest BCUT2D eigenvalue weighted by Gasteiger charge is 2.53. The van der Waals surface area contributed by atoms with E-state index in [1.54, 1.807) is 24.2 Å². The van der Waals surface area contributed by atoms with Crippen molar-refractivity contribution < 1.29 is 13.5 Å². The highest BCUT2D eigenvalue weighted by molar-refractivity contribution is 7.16. The fourth-order valence-electron chi connectivity index (χ4n) is 7.71. The summed E-state index contributed by atoms with van der Waals surface area (Å²) in [6.07, 6.45) is 4.69. The van der Waals surface area contributed by atoms with Crippen LogP contribution in [0, 0.1) is 17.1 Å². The third kappa shape index (κ3) is 4.37. The molecule has 3 aliphatic heterocycles. The molecular formula is C30H35F2N9OS. The van der Waals surface area contributed by atoms with E-state index in [-0.39, 0.29) is 35.7 Å². The van der Waals surface area contributed by atoms with Gasteiger partial charge in [0, 0.05) is 55.2 Å². The molecule has 3 aromatic heterocycles. The van der Waals surface area contributed by atoms with E-state index in [1.807, 2.05) is 17.9 Å². The number of hydrogen-bond donors (Lipinski definition) is 2. The summed E-state index contributed by atoms with van der Waals surface area (Å²) in [7, 11) is 1.76. The zero-order valence-corrected chi connectivity index (χ0v) is 25.1. The number of aryl methyl sites for hydroxylation is 1. The third-order valence-corrected chi connectivity index (χ3v) is 11.1. The van der Waals surface area contributed by atoms with E-state index in [2.05, 4.69) is 25.9 Å². The first-order valence-electron chi connectivity index (χ1n) is 14.7. The Bertz CT molecular complexity index is 1620. The smallest absolute Gasteiger partial charge is 0.320 e. The average Bonchev–Trinajstić information content (AvgIpc) is 3.69. The first kappa shape index (κ1) is 28.0. The van der Waals surface area contributed by atoms with Crippen LogP contribution in [0.15, 0.2) is 18.3 Å². The normalized spacial score (nSPS) is 24.4. The summed E-state index contributed by atoms with van der Waals surface area (Å²) in [4.78, 5) is 20.3. The Labute approximate surface area is 253 Å². The van der Waals surface area contributed by atoms with Gasteiger partial charge in [0.25, 0.3) is 0 Å². The fourth-order valence-corrected chi connectivity index (χ4v) is 8.85. The third-order valence-electron chi connectivity index (χ3n) is 10.0. The van der Waals surface area contributed by atoms with Crippen LogP contribution >= 0.6 is 11.3 Å². The molecule has 226 valence electrons. The molecule has 0 bridgehead atoms. The van der Waals surface area contributed by atoms with Gasteiger partial charge in [-0.1, -0.05) is 6.07 Å². The molecule has 0 saturated carbocycles. The molecule has 3 atom stereocenters. The van der Waals surface area contributed by atoms with Crippen molar-refractivity contribution in [2.24, 2.45) is 0 Å². The molecular weight excluding hydrogens is 572 g/mol. The second kappa shape index (κ2) is 10.2. The Kier molecular flexibility index (Phi) is 6.63. The molecule has 0 radical (unpaired) electrons. The molecule has 7 rings (SSSR count). The highest BCUT2D eigenvalue weighted by Crippen LogP contribution is 2.53. The molecule has 1 unspecified atom stereocenters. The van der Waals surface area contributed by atoms with E-state index in [4.69, 9.17) is 16.2 Å². The second-order valence-corrected chi connectivity index (χ2v) is 13.6. The monoisotopic (exact) mass is 607 g/mol. The number of alkyl halides is 1. The molecule has 10 nitrogen and oxygen atoms in total. The molecule has 3 fully saturated rings. The Morgan fingerprint density at radius 2 is 2.12 bits per heavy atom. The van der Waals surface area contributed by atoms with E-state index in [9.17, 15) is 9.65 Å². The molecule has 0 aromatic carbocycles. The zero-order valence-electron chi connectivity index (χ0n) is 24.3. The van der Waals surface area contributed by atoms with E-state index in [0.717, 1.165) is 48.2 Å². The van der Waals surface area contributed by atoms with Crippen molar-refractivity contribution in [1.29, 1.82) is 5.26 Å². The van der Waals surface area contributed by atoms with Gasteiger partial charge in [0.05, 0.1) is 17.1 Å². The Hall–Kier alpha value is -3.76. The quantitative estimate of drug-likeness (QED) is 0.407. The summed E-state index contributed by atoms with van der Waals surface area (Å²) < 4.78 is 37.1. The van der Waals surface area contributed by atoms with Crippen molar-refractivity contribution in [2.75, 3.05) is 61.1 Å². The summed E-state index contributed by atoms with van der Waals surface area (Å²) in [5, 5.41) is 10.3. The molecule has 3 aromatic rings. The van der Waals surface area contributed by atoms with Gasteiger partial charge >= 0.3 is 6.01 Å². The molecule has 4 aliphatic rings. The van der Waals surface area contributed by atoms with Gasteiger partial charge in [-0.25, -0.2) is 9.37 Å². The van der Waals surface area contributed by atoms with Crippen LogP contribution in [0.1, 0.15) is 60.2 Å². The molecule has 4 N–H and O–H groups in total. The molecule has 6 heterocycles. The number of fused-ring (bicyclic) bond motifs is 3. The summed E-state index contributed by atoms with van der Waals surface area (Å²) in [6.45, 7) is 4.41. The fraction of sp³-hybridized carbons (Fsp3) is 0.533. The number of nitriles is 1. The van der Waals surface area contributed by atoms with Crippen LogP contribution in [-0.4, -0.2) is 71.4 Å². The number of thiophene rings is 1. The Morgan fingerprint density at radius 1 is 1.30 bits per heavy atom. The predicted molar refractivity (Wildman–Crippen MR) is 162 cm³/mol.